The number of esters is 1. The van der Waals surface area contributed by atoms with E-state index < -0.39 is 5.97 Å². The summed E-state index contributed by atoms with van der Waals surface area (Å²) in [5.41, 5.74) is -0.246. The largest absolute Gasteiger partial charge is 0.481 e. The Morgan fingerprint density at radius 3 is 1.17 bits per heavy atom. The molecule has 0 amide bonds. The quantitative estimate of drug-likeness (QED) is 0.0379. The van der Waals surface area contributed by atoms with Crippen molar-refractivity contribution in [1.29, 1.82) is 0 Å². The van der Waals surface area contributed by atoms with Gasteiger partial charge in [0.15, 0.2) is 0 Å². The van der Waals surface area contributed by atoms with Crippen LogP contribution in [0.5, 0.6) is 0 Å². The number of carbonyl (C=O) groups excluding carboxylic acids is 1. The molecule has 6 nitrogen and oxygen atoms in total. The van der Waals surface area contributed by atoms with E-state index in [0.29, 0.717) is 31.8 Å². The molecule has 316 valence electrons. The first-order chi connectivity index (χ1) is 25.9. The molecule has 0 saturated carbocycles. The molecule has 0 aliphatic rings. The van der Waals surface area contributed by atoms with E-state index in [9.17, 15) is 9.59 Å². The molecule has 0 aliphatic carbocycles. The van der Waals surface area contributed by atoms with Crippen LogP contribution in [0.1, 0.15) is 266 Å². The molecular weight excluding hydrogens is 661 g/mol. The van der Waals surface area contributed by atoms with Crippen molar-refractivity contribution in [2.75, 3.05) is 6.79 Å². The predicted octanol–water partition coefficient (Wildman–Crippen LogP) is 15.2. The summed E-state index contributed by atoms with van der Waals surface area (Å²) < 4.78 is 18.9. The highest BCUT2D eigenvalue weighted by atomic mass is 16.7. The van der Waals surface area contributed by atoms with Gasteiger partial charge >= 0.3 is 11.9 Å². The minimum absolute atomic E-state index is 0.00976. The minimum atomic E-state index is -0.672. The molecule has 0 rings (SSSR count). The van der Waals surface area contributed by atoms with E-state index in [1.807, 2.05) is 0 Å². The van der Waals surface area contributed by atoms with Crippen LogP contribution in [0.3, 0.4) is 0 Å². The fourth-order valence-electron chi connectivity index (χ4n) is 7.65. The zero-order valence-corrected chi connectivity index (χ0v) is 36.3. The first-order valence-corrected chi connectivity index (χ1v) is 23.5. The highest BCUT2D eigenvalue weighted by Crippen LogP contribution is 2.28. The van der Waals surface area contributed by atoms with Gasteiger partial charge in [0.05, 0.1) is 12.2 Å². The standard InChI is InChI=1S/C47H92O6/c1-6-11-14-28-35-43(37-30-24-20-16-18-22-26-32-39-45(48)49)51-42-52-44(36-29-15-12-7-2)38-31-25-21-17-19-23-27-33-40-46(50)53-47(9-4,10-5)41-34-13-8-3/h43-44H,6-42H2,1-5H3,(H,48,49). The van der Waals surface area contributed by atoms with Gasteiger partial charge in [0, 0.05) is 12.8 Å². The average Bonchev–Trinajstić information content (AvgIpc) is 3.15. The maximum absolute atomic E-state index is 12.6. The molecule has 0 aromatic rings. The average molecular weight is 753 g/mol. The van der Waals surface area contributed by atoms with Crippen molar-refractivity contribution in [3.63, 3.8) is 0 Å². The van der Waals surface area contributed by atoms with Gasteiger partial charge in [-0.3, -0.25) is 9.59 Å². The van der Waals surface area contributed by atoms with Crippen molar-refractivity contribution in [1.82, 2.24) is 0 Å². The van der Waals surface area contributed by atoms with E-state index in [1.165, 1.54) is 135 Å². The maximum Gasteiger partial charge on any atom is 0.306 e. The topological polar surface area (TPSA) is 82.1 Å². The summed E-state index contributed by atoms with van der Waals surface area (Å²) in [4.78, 5) is 23.3. The third kappa shape index (κ3) is 33.9. The lowest BCUT2D eigenvalue weighted by atomic mass is 9.90. The summed E-state index contributed by atoms with van der Waals surface area (Å²) in [6, 6.07) is 0. The van der Waals surface area contributed by atoms with Crippen molar-refractivity contribution >= 4 is 11.9 Å². The molecular formula is C47H92O6. The molecule has 0 spiro atoms. The molecule has 2 unspecified atom stereocenters. The van der Waals surface area contributed by atoms with Crippen molar-refractivity contribution in [3.8, 4) is 0 Å². The van der Waals surface area contributed by atoms with E-state index in [0.717, 1.165) is 83.5 Å². The number of carboxylic acids is 1. The van der Waals surface area contributed by atoms with E-state index in [4.69, 9.17) is 19.3 Å². The Hall–Kier alpha value is -1.14. The number of aliphatic carboxylic acids is 1. The van der Waals surface area contributed by atoms with Gasteiger partial charge in [-0.15, -0.1) is 0 Å². The Kier molecular flexibility index (Phi) is 38.3. The second-order valence-electron chi connectivity index (χ2n) is 16.3. The number of unbranched alkanes of at least 4 members (excludes halogenated alkanes) is 22. The summed E-state index contributed by atoms with van der Waals surface area (Å²) in [5, 5.41) is 8.79. The van der Waals surface area contributed by atoms with Gasteiger partial charge in [-0.05, 0) is 64.2 Å². The number of rotatable bonds is 43. The van der Waals surface area contributed by atoms with Crippen LogP contribution in [-0.2, 0) is 23.8 Å². The van der Waals surface area contributed by atoms with Gasteiger partial charge in [0.1, 0.15) is 12.4 Å². The molecule has 0 saturated heterocycles. The van der Waals surface area contributed by atoms with Crippen LogP contribution in [-0.4, -0.2) is 41.6 Å². The van der Waals surface area contributed by atoms with Gasteiger partial charge in [-0.25, -0.2) is 0 Å². The monoisotopic (exact) mass is 753 g/mol. The fourth-order valence-corrected chi connectivity index (χ4v) is 7.65. The summed E-state index contributed by atoms with van der Waals surface area (Å²) in [7, 11) is 0. The molecule has 6 heteroatoms. The predicted molar refractivity (Wildman–Crippen MR) is 226 cm³/mol. The minimum Gasteiger partial charge on any atom is -0.481 e. The molecule has 53 heavy (non-hydrogen) atoms. The molecule has 2 atom stereocenters. The highest BCUT2D eigenvalue weighted by Gasteiger charge is 2.29. The second-order valence-corrected chi connectivity index (χ2v) is 16.3. The van der Waals surface area contributed by atoms with Crippen molar-refractivity contribution in [2.24, 2.45) is 0 Å². The summed E-state index contributed by atoms with van der Waals surface area (Å²) in [6.45, 7) is 11.5. The van der Waals surface area contributed by atoms with Crippen LogP contribution in [0, 0.1) is 0 Å². The Bertz CT molecular complexity index is 781. The summed E-state index contributed by atoms with van der Waals surface area (Å²) in [5.74, 6) is -0.662. The van der Waals surface area contributed by atoms with E-state index in [-0.39, 0.29) is 11.6 Å². The van der Waals surface area contributed by atoms with Gasteiger partial charge in [-0.2, -0.15) is 0 Å². The molecule has 1 N–H and O–H groups in total. The Morgan fingerprint density at radius 1 is 0.453 bits per heavy atom. The molecule has 0 aromatic carbocycles. The zero-order chi connectivity index (χ0) is 39.1. The van der Waals surface area contributed by atoms with Crippen LogP contribution < -0.4 is 0 Å². The molecule has 0 bridgehead atoms. The van der Waals surface area contributed by atoms with E-state index in [1.54, 1.807) is 0 Å². The molecule has 0 radical (unpaired) electrons. The SMILES string of the molecule is CCCCCCC(CCCCCCCCCCC(=O)O)OCOC(CCCCCC)CCCCCCCCCCC(=O)OC(CC)(CC)CCCCC. The lowest BCUT2D eigenvalue weighted by Crippen LogP contribution is -2.33. The number of carbonyl (C=O) groups is 2. The number of ether oxygens (including phenoxy) is 3. The third-order valence-electron chi connectivity index (χ3n) is 11.5. The van der Waals surface area contributed by atoms with Gasteiger partial charge in [-0.1, -0.05) is 189 Å². The normalized spacial score (nSPS) is 13.0. The molecule has 0 heterocycles. The number of hydrogen-bond donors (Lipinski definition) is 1. The van der Waals surface area contributed by atoms with Crippen LogP contribution in [0.15, 0.2) is 0 Å². The van der Waals surface area contributed by atoms with Gasteiger partial charge in [0.25, 0.3) is 0 Å². The zero-order valence-electron chi connectivity index (χ0n) is 36.3. The maximum atomic E-state index is 12.6. The lowest BCUT2D eigenvalue weighted by Gasteiger charge is -2.31. The smallest absolute Gasteiger partial charge is 0.306 e. The second kappa shape index (κ2) is 39.1. The van der Waals surface area contributed by atoms with Gasteiger partial charge in [0.2, 0.25) is 0 Å². The molecule has 0 fully saturated rings. The molecule has 0 aromatic heterocycles. The van der Waals surface area contributed by atoms with Crippen molar-refractivity contribution < 1.29 is 28.9 Å². The fraction of sp³-hybridized carbons (Fsp3) is 0.957. The first kappa shape index (κ1) is 51.9. The number of hydrogen-bond acceptors (Lipinski definition) is 5. The van der Waals surface area contributed by atoms with Crippen molar-refractivity contribution in [2.45, 2.75) is 284 Å². The Balaban J connectivity index is 4.37. The van der Waals surface area contributed by atoms with Crippen molar-refractivity contribution in [3.05, 3.63) is 0 Å². The summed E-state index contributed by atoms with van der Waals surface area (Å²) in [6.07, 6.45) is 41.6. The Morgan fingerprint density at radius 2 is 0.792 bits per heavy atom. The third-order valence-corrected chi connectivity index (χ3v) is 11.5. The van der Waals surface area contributed by atoms with Crippen LogP contribution in [0.25, 0.3) is 0 Å². The van der Waals surface area contributed by atoms with Crippen LogP contribution >= 0.6 is 0 Å². The highest BCUT2D eigenvalue weighted by molar-refractivity contribution is 5.69. The molecule has 0 aliphatic heterocycles. The van der Waals surface area contributed by atoms with Crippen LogP contribution in [0.4, 0.5) is 0 Å². The first-order valence-electron chi connectivity index (χ1n) is 23.5. The number of carboxylic acid groups (broad SMARTS) is 1. The van der Waals surface area contributed by atoms with E-state index >= 15 is 0 Å². The Labute approximate surface area is 330 Å². The summed E-state index contributed by atoms with van der Waals surface area (Å²) >= 11 is 0. The lowest BCUT2D eigenvalue weighted by molar-refractivity contribution is -0.162. The van der Waals surface area contributed by atoms with Crippen LogP contribution in [0.2, 0.25) is 0 Å². The van der Waals surface area contributed by atoms with Gasteiger partial charge < -0.3 is 19.3 Å². The van der Waals surface area contributed by atoms with E-state index in [2.05, 4.69) is 34.6 Å².